The second-order valence-corrected chi connectivity index (χ2v) is 10.1. The van der Waals surface area contributed by atoms with Gasteiger partial charge in [0.25, 0.3) is 11.5 Å². The van der Waals surface area contributed by atoms with Crippen LogP contribution in [0.2, 0.25) is 0 Å². The molecule has 6 heteroatoms. The molecule has 6 nitrogen and oxygen atoms in total. The normalized spacial score (nSPS) is 14.6. The van der Waals surface area contributed by atoms with Gasteiger partial charge >= 0.3 is 0 Å². The number of aromatic nitrogens is 2. The Hall–Kier alpha value is -3.25. The number of carbonyl (C=O) groups is 1. The van der Waals surface area contributed by atoms with Crippen LogP contribution in [0, 0.1) is 32.6 Å². The summed E-state index contributed by atoms with van der Waals surface area (Å²) < 4.78 is 2.13. The summed E-state index contributed by atoms with van der Waals surface area (Å²) in [6.07, 6.45) is 0. The number of benzene rings is 2. The van der Waals surface area contributed by atoms with Gasteiger partial charge in [0.2, 0.25) is 0 Å². The fraction of sp³-hybridized carbons (Fsp3) is 0.414. The Bertz CT molecular complexity index is 1230. The van der Waals surface area contributed by atoms with Crippen molar-refractivity contribution in [3.05, 3.63) is 98.7 Å². The fourth-order valence-electron chi connectivity index (χ4n) is 4.71. The van der Waals surface area contributed by atoms with Crippen molar-refractivity contribution < 1.29 is 4.79 Å². The summed E-state index contributed by atoms with van der Waals surface area (Å²) in [5.74, 6) is 1.08. The van der Waals surface area contributed by atoms with Crippen LogP contribution in [0.1, 0.15) is 58.5 Å². The molecule has 3 aromatic rings. The molecule has 2 heterocycles. The third kappa shape index (κ3) is 5.38. The summed E-state index contributed by atoms with van der Waals surface area (Å²) in [5, 5.41) is 3.32. The molecular formula is C29H36N4O2. The number of nitrogens with one attached hydrogen (secondary N) is 1. The van der Waals surface area contributed by atoms with Crippen molar-refractivity contribution >= 4 is 5.91 Å². The lowest BCUT2D eigenvalue weighted by Gasteiger charge is -2.40. The van der Waals surface area contributed by atoms with Crippen LogP contribution in [-0.2, 0) is 6.54 Å². The van der Waals surface area contributed by atoms with Crippen molar-refractivity contribution in [2.75, 3.05) is 19.6 Å². The lowest BCUT2D eigenvalue weighted by molar-refractivity contribution is 0.0526. The number of aryl methyl sites for hydroxylation is 1. The van der Waals surface area contributed by atoms with Gasteiger partial charge in [-0.2, -0.15) is 4.98 Å². The maximum absolute atomic E-state index is 13.9. The van der Waals surface area contributed by atoms with Gasteiger partial charge in [0.1, 0.15) is 5.82 Å². The van der Waals surface area contributed by atoms with E-state index < -0.39 is 0 Å². The Morgan fingerprint density at radius 2 is 1.71 bits per heavy atom. The topological polar surface area (TPSA) is 67.2 Å². The molecule has 0 radical (unpaired) electrons. The van der Waals surface area contributed by atoms with Crippen LogP contribution < -0.4 is 10.9 Å². The van der Waals surface area contributed by atoms with Crippen LogP contribution in [0.4, 0.5) is 0 Å². The SMILES string of the molecule is Cc1ccc(C(=O)N(CC2CNC2)C(c2nc(=O)c(C)c(C)n2Cc2ccccc2)C(C)C)cc1. The minimum Gasteiger partial charge on any atom is -0.328 e. The van der Waals surface area contributed by atoms with Crippen molar-refractivity contribution in [3.63, 3.8) is 0 Å². The summed E-state index contributed by atoms with van der Waals surface area (Å²) in [5.41, 5.74) is 4.22. The van der Waals surface area contributed by atoms with Crippen LogP contribution in [0.25, 0.3) is 0 Å². The number of hydrogen-bond acceptors (Lipinski definition) is 4. The van der Waals surface area contributed by atoms with E-state index in [0.717, 1.165) is 29.9 Å². The summed E-state index contributed by atoms with van der Waals surface area (Å²) in [7, 11) is 0. The van der Waals surface area contributed by atoms with Gasteiger partial charge in [-0.3, -0.25) is 9.59 Å². The van der Waals surface area contributed by atoms with E-state index in [2.05, 4.69) is 40.8 Å². The quantitative estimate of drug-likeness (QED) is 0.532. The monoisotopic (exact) mass is 472 g/mol. The minimum atomic E-state index is -0.333. The van der Waals surface area contributed by atoms with E-state index in [9.17, 15) is 9.59 Å². The first-order valence-corrected chi connectivity index (χ1v) is 12.5. The highest BCUT2D eigenvalue weighted by atomic mass is 16.2. The molecule has 1 aliphatic heterocycles. The third-order valence-electron chi connectivity index (χ3n) is 7.06. The summed E-state index contributed by atoms with van der Waals surface area (Å²) >= 11 is 0. The third-order valence-corrected chi connectivity index (χ3v) is 7.06. The Morgan fingerprint density at radius 1 is 1.06 bits per heavy atom. The summed E-state index contributed by atoms with van der Waals surface area (Å²) in [6.45, 7) is 13.0. The molecule has 1 amide bonds. The first-order valence-electron chi connectivity index (χ1n) is 12.5. The van der Waals surface area contributed by atoms with E-state index in [1.165, 1.54) is 0 Å². The number of nitrogens with zero attached hydrogens (tertiary/aromatic N) is 3. The number of rotatable bonds is 8. The van der Waals surface area contributed by atoms with E-state index in [-0.39, 0.29) is 23.4 Å². The zero-order valence-corrected chi connectivity index (χ0v) is 21.4. The van der Waals surface area contributed by atoms with Crippen LogP contribution in [0.15, 0.2) is 59.4 Å². The highest BCUT2D eigenvalue weighted by Crippen LogP contribution is 2.31. The molecule has 0 spiro atoms. The molecule has 1 unspecified atom stereocenters. The van der Waals surface area contributed by atoms with Gasteiger partial charge < -0.3 is 14.8 Å². The smallest absolute Gasteiger partial charge is 0.276 e. The number of amides is 1. The summed E-state index contributed by atoms with van der Waals surface area (Å²) in [6, 6.07) is 17.6. The van der Waals surface area contributed by atoms with Crippen molar-refractivity contribution in [2.24, 2.45) is 11.8 Å². The van der Waals surface area contributed by atoms with Crippen molar-refractivity contribution in [2.45, 2.75) is 47.2 Å². The Labute approximate surface area is 208 Å². The van der Waals surface area contributed by atoms with Crippen LogP contribution in [0.5, 0.6) is 0 Å². The van der Waals surface area contributed by atoms with E-state index in [0.29, 0.717) is 36.0 Å². The predicted molar refractivity (Wildman–Crippen MR) is 140 cm³/mol. The first-order chi connectivity index (χ1) is 16.8. The number of hydrogen-bond donors (Lipinski definition) is 1. The molecule has 0 saturated carbocycles. The van der Waals surface area contributed by atoms with Crippen LogP contribution >= 0.6 is 0 Å². The molecule has 4 rings (SSSR count). The highest BCUT2D eigenvalue weighted by molar-refractivity contribution is 5.94. The molecule has 1 fully saturated rings. The zero-order valence-electron chi connectivity index (χ0n) is 21.4. The lowest BCUT2D eigenvalue weighted by Crippen LogP contribution is -2.51. The zero-order chi connectivity index (χ0) is 25.1. The van der Waals surface area contributed by atoms with Gasteiger partial charge in [-0.05, 0) is 44.4 Å². The van der Waals surface area contributed by atoms with Crippen LogP contribution in [-0.4, -0.2) is 40.0 Å². The van der Waals surface area contributed by atoms with Gasteiger partial charge in [0.15, 0.2) is 0 Å². The van der Waals surface area contributed by atoms with Crippen molar-refractivity contribution in [1.29, 1.82) is 0 Å². The molecular weight excluding hydrogens is 436 g/mol. The number of carbonyl (C=O) groups excluding carboxylic acids is 1. The van der Waals surface area contributed by atoms with E-state index in [1.807, 2.05) is 68.1 Å². The molecule has 2 aromatic carbocycles. The Morgan fingerprint density at radius 3 is 2.29 bits per heavy atom. The standard InChI is InChI=1S/C29H36N4O2/c1-19(2)26(33(18-24-15-30-16-24)29(35)25-13-11-20(3)12-14-25)27-31-28(34)21(4)22(5)32(27)17-23-9-7-6-8-10-23/h6-14,19,24,26,30H,15-18H2,1-5H3. The van der Waals surface area contributed by atoms with Gasteiger partial charge in [-0.1, -0.05) is 61.9 Å². The van der Waals surface area contributed by atoms with Gasteiger partial charge in [-0.25, -0.2) is 0 Å². The van der Waals surface area contributed by atoms with Gasteiger partial charge in [-0.15, -0.1) is 0 Å². The average molecular weight is 473 g/mol. The van der Waals surface area contributed by atoms with Gasteiger partial charge in [0, 0.05) is 48.9 Å². The molecule has 0 bridgehead atoms. The molecule has 1 aliphatic rings. The Balaban J connectivity index is 1.84. The van der Waals surface area contributed by atoms with E-state index >= 15 is 0 Å². The highest BCUT2D eigenvalue weighted by Gasteiger charge is 2.35. The van der Waals surface area contributed by atoms with E-state index in [1.54, 1.807) is 0 Å². The molecule has 0 aliphatic carbocycles. The van der Waals surface area contributed by atoms with Crippen molar-refractivity contribution in [3.8, 4) is 0 Å². The first kappa shape index (κ1) is 24.9. The van der Waals surface area contributed by atoms with Crippen LogP contribution in [0.3, 0.4) is 0 Å². The largest absolute Gasteiger partial charge is 0.328 e. The van der Waals surface area contributed by atoms with Crippen molar-refractivity contribution in [1.82, 2.24) is 19.8 Å². The fourth-order valence-corrected chi connectivity index (χ4v) is 4.71. The second-order valence-electron chi connectivity index (χ2n) is 10.1. The maximum atomic E-state index is 13.9. The Kier molecular flexibility index (Phi) is 7.51. The maximum Gasteiger partial charge on any atom is 0.276 e. The average Bonchev–Trinajstić information content (AvgIpc) is 2.81. The van der Waals surface area contributed by atoms with E-state index in [4.69, 9.17) is 0 Å². The predicted octanol–water partition coefficient (Wildman–Crippen LogP) is 4.28. The lowest BCUT2D eigenvalue weighted by atomic mass is 9.95. The molecule has 35 heavy (non-hydrogen) atoms. The summed E-state index contributed by atoms with van der Waals surface area (Å²) in [4.78, 5) is 33.5. The molecule has 1 N–H and O–H groups in total. The molecule has 1 aromatic heterocycles. The second kappa shape index (κ2) is 10.6. The van der Waals surface area contributed by atoms with Gasteiger partial charge in [0.05, 0.1) is 6.04 Å². The molecule has 184 valence electrons. The molecule has 1 saturated heterocycles. The minimum absolute atomic E-state index is 0.0191. The molecule has 1 atom stereocenters.